The third-order valence-corrected chi connectivity index (χ3v) is 3.88. The Labute approximate surface area is 109 Å². The van der Waals surface area contributed by atoms with Crippen LogP contribution in [0.5, 0.6) is 0 Å². The van der Waals surface area contributed by atoms with Crippen LogP contribution in [0.1, 0.15) is 30.4 Å². The summed E-state index contributed by atoms with van der Waals surface area (Å²) in [5.41, 5.74) is 7.55. The fraction of sp³-hybridized carbons (Fsp3) is 0.600. The molecule has 0 bridgehead atoms. The summed E-state index contributed by atoms with van der Waals surface area (Å²) in [6.45, 7) is 5.67. The average molecular weight is 250 g/mol. The molecular weight excluding hydrogens is 227 g/mol. The van der Waals surface area contributed by atoms with Gasteiger partial charge in [-0.3, -0.25) is 4.90 Å². The van der Waals surface area contributed by atoms with E-state index >= 15 is 0 Å². The van der Waals surface area contributed by atoms with Crippen molar-refractivity contribution in [2.45, 2.75) is 32.7 Å². The molecule has 1 aliphatic rings. The first-order valence-electron chi connectivity index (χ1n) is 6.86. The quantitative estimate of drug-likeness (QED) is 0.890. The highest BCUT2D eigenvalue weighted by atomic mass is 19.1. The number of nitrogens with zero attached hydrogens (tertiary/aromatic N) is 1. The topological polar surface area (TPSA) is 29.3 Å². The molecule has 1 aliphatic heterocycles. The first-order valence-corrected chi connectivity index (χ1v) is 6.86. The molecule has 0 unspecified atom stereocenters. The van der Waals surface area contributed by atoms with E-state index in [-0.39, 0.29) is 5.82 Å². The van der Waals surface area contributed by atoms with Crippen molar-refractivity contribution in [1.29, 1.82) is 0 Å². The predicted molar refractivity (Wildman–Crippen MR) is 72.8 cm³/mol. The van der Waals surface area contributed by atoms with Crippen LogP contribution >= 0.6 is 0 Å². The highest BCUT2D eigenvalue weighted by molar-refractivity contribution is 5.24. The number of rotatable bonds is 4. The number of hydrogen-bond acceptors (Lipinski definition) is 2. The van der Waals surface area contributed by atoms with Gasteiger partial charge in [0.25, 0.3) is 0 Å². The summed E-state index contributed by atoms with van der Waals surface area (Å²) < 4.78 is 13.7. The van der Waals surface area contributed by atoms with Gasteiger partial charge in [-0.15, -0.1) is 0 Å². The number of piperidine rings is 1. The lowest BCUT2D eigenvalue weighted by Crippen LogP contribution is -2.34. The summed E-state index contributed by atoms with van der Waals surface area (Å²) in [4.78, 5) is 2.35. The molecule has 1 aromatic rings. The van der Waals surface area contributed by atoms with Crippen molar-refractivity contribution < 1.29 is 4.39 Å². The predicted octanol–water partition coefficient (Wildman–Crippen LogP) is 2.69. The fourth-order valence-electron chi connectivity index (χ4n) is 2.73. The fourth-order valence-corrected chi connectivity index (χ4v) is 2.73. The van der Waals surface area contributed by atoms with Crippen LogP contribution in [0.3, 0.4) is 0 Å². The SMILES string of the molecule is Cc1ccc(F)c(CN2CCC(CCN)CC2)c1. The molecule has 1 saturated heterocycles. The monoisotopic (exact) mass is 250 g/mol. The Balaban J connectivity index is 1.89. The number of benzene rings is 1. The zero-order chi connectivity index (χ0) is 13.0. The van der Waals surface area contributed by atoms with Gasteiger partial charge < -0.3 is 5.73 Å². The zero-order valence-electron chi connectivity index (χ0n) is 11.2. The van der Waals surface area contributed by atoms with Crippen LogP contribution in [0, 0.1) is 18.7 Å². The molecule has 1 heterocycles. The maximum absolute atomic E-state index is 13.7. The van der Waals surface area contributed by atoms with Gasteiger partial charge in [-0.25, -0.2) is 4.39 Å². The molecular formula is C15H23FN2. The Morgan fingerprint density at radius 3 is 2.72 bits per heavy atom. The maximum atomic E-state index is 13.7. The molecule has 0 spiro atoms. The van der Waals surface area contributed by atoms with Gasteiger partial charge >= 0.3 is 0 Å². The minimum Gasteiger partial charge on any atom is -0.330 e. The maximum Gasteiger partial charge on any atom is 0.127 e. The van der Waals surface area contributed by atoms with Crippen LogP contribution in [-0.2, 0) is 6.54 Å². The van der Waals surface area contributed by atoms with E-state index in [0.29, 0.717) is 0 Å². The second-order valence-electron chi connectivity index (χ2n) is 5.39. The van der Waals surface area contributed by atoms with E-state index in [1.807, 2.05) is 19.1 Å². The number of hydrogen-bond donors (Lipinski definition) is 1. The second kappa shape index (κ2) is 6.30. The molecule has 0 aliphatic carbocycles. The molecule has 0 aromatic heterocycles. The summed E-state index contributed by atoms with van der Waals surface area (Å²) in [5.74, 6) is 0.693. The Kier molecular flexibility index (Phi) is 4.72. The molecule has 0 amide bonds. The van der Waals surface area contributed by atoms with Crippen molar-refractivity contribution in [3.63, 3.8) is 0 Å². The number of likely N-dealkylation sites (tertiary alicyclic amines) is 1. The molecule has 2 rings (SSSR count). The Bertz CT molecular complexity index is 384. The molecule has 2 nitrogen and oxygen atoms in total. The normalized spacial score (nSPS) is 18.2. The summed E-state index contributed by atoms with van der Waals surface area (Å²) in [6.07, 6.45) is 3.53. The van der Waals surface area contributed by atoms with E-state index in [0.717, 1.165) is 49.6 Å². The smallest absolute Gasteiger partial charge is 0.127 e. The van der Waals surface area contributed by atoms with Crippen molar-refractivity contribution in [1.82, 2.24) is 4.90 Å². The summed E-state index contributed by atoms with van der Waals surface area (Å²) >= 11 is 0. The van der Waals surface area contributed by atoms with E-state index < -0.39 is 0 Å². The van der Waals surface area contributed by atoms with Crippen molar-refractivity contribution in [2.75, 3.05) is 19.6 Å². The standard InChI is InChI=1S/C15H23FN2/c1-12-2-3-15(16)14(10-12)11-18-8-5-13(4-7-17)6-9-18/h2-3,10,13H,4-9,11,17H2,1H3. The summed E-state index contributed by atoms with van der Waals surface area (Å²) in [7, 11) is 0. The highest BCUT2D eigenvalue weighted by Crippen LogP contribution is 2.22. The Morgan fingerprint density at radius 2 is 2.06 bits per heavy atom. The zero-order valence-corrected chi connectivity index (χ0v) is 11.2. The van der Waals surface area contributed by atoms with Gasteiger partial charge in [0.1, 0.15) is 5.82 Å². The van der Waals surface area contributed by atoms with Gasteiger partial charge in [0.15, 0.2) is 0 Å². The van der Waals surface area contributed by atoms with E-state index in [1.54, 1.807) is 6.07 Å². The highest BCUT2D eigenvalue weighted by Gasteiger charge is 2.19. The average Bonchev–Trinajstić information content (AvgIpc) is 2.37. The second-order valence-corrected chi connectivity index (χ2v) is 5.39. The molecule has 0 saturated carbocycles. The van der Waals surface area contributed by atoms with Gasteiger partial charge in [-0.1, -0.05) is 17.7 Å². The lowest BCUT2D eigenvalue weighted by molar-refractivity contribution is 0.172. The van der Waals surface area contributed by atoms with Gasteiger partial charge in [-0.05, 0) is 57.8 Å². The third kappa shape index (κ3) is 3.53. The Morgan fingerprint density at radius 1 is 1.33 bits per heavy atom. The van der Waals surface area contributed by atoms with E-state index in [9.17, 15) is 4.39 Å². The van der Waals surface area contributed by atoms with Crippen LogP contribution < -0.4 is 5.73 Å². The van der Waals surface area contributed by atoms with Gasteiger partial charge in [0, 0.05) is 12.1 Å². The van der Waals surface area contributed by atoms with E-state index in [1.165, 1.54) is 12.8 Å². The molecule has 3 heteroatoms. The minimum absolute atomic E-state index is 0.0790. The molecule has 2 N–H and O–H groups in total. The van der Waals surface area contributed by atoms with Crippen LogP contribution in [0.15, 0.2) is 18.2 Å². The molecule has 1 fully saturated rings. The van der Waals surface area contributed by atoms with Crippen molar-refractivity contribution in [3.05, 3.63) is 35.1 Å². The molecule has 1 aromatic carbocycles. The van der Waals surface area contributed by atoms with E-state index in [2.05, 4.69) is 4.90 Å². The van der Waals surface area contributed by atoms with Crippen LogP contribution in [-0.4, -0.2) is 24.5 Å². The largest absolute Gasteiger partial charge is 0.330 e. The molecule has 0 atom stereocenters. The van der Waals surface area contributed by atoms with Gasteiger partial charge in [-0.2, -0.15) is 0 Å². The molecule has 18 heavy (non-hydrogen) atoms. The van der Waals surface area contributed by atoms with Gasteiger partial charge in [0.05, 0.1) is 0 Å². The molecule has 0 radical (unpaired) electrons. The van der Waals surface area contributed by atoms with Crippen molar-refractivity contribution >= 4 is 0 Å². The van der Waals surface area contributed by atoms with Crippen LogP contribution in [0.4, 0.5) is 4.39 Å². The van der Waals surface area contributed by atoms with Crippen LogP contribution in [0.2, 0.25) is 0 Å². The minimum atomic E-state index is -0.0790. The summed E-state index contributed by atoms with van der Waals surface area (Å²) in [5, 5.41) is 0. The summed E-state index contributed by atoms with van der Waals surface area (Å²) in [6, 6.07) is 5.36. The molecule has 100 valence electrons. The lowest BCUT2D eigenvalue weighted by Gasteiger charge is -2.31. The Hall–Kier alpha value is -0.930. The van der Waals surface area contributed by atoms with Crippen molar-refractivity contribution in [3.8, 4) is 0 Å². The number of nitrogens with two attached hydrogens (primary N) is 1. The van der Waals surface area contributed by atoms with Crippen LogP contribution in [0.25, 0.3) is 0 Å². The number of aryl methyl sites for hydroxylation is 1. The number of halogens is 1. The van der Waals surface area contributed by atoms with Gasteiger partial charge in [0.2, 0.25) is 0 Å². The van der Waals surface area contributed by atoms with Crippen molar-refractivity contribution in [2.24, 2.45) is 11.7 Å². The first-order chi connectivity index (χ1) is 8.69. The first kappa shape index (κ1) is 13.5. The van der Waals surface area contributed by atoms with E-state index in [4.69, 9.17) is 5.73 Å². The lowest BCUT2D eigenvalue weighted by atomic mass is 9.93. The third-order valence-electron chi connectivity index (χ3n) is 3.88.